The molecule has 0 saturated heterocycles. The monoisotopic (exact) mass is 523 g/mol. The summed E-state index contributed by atoms with van der Waals surface area (Å²) in [4.78, 5) is 0. The molecule has 0 N–H and O–H groups in total. The molecule has 6 aromatic rings. The lowest BCUT2D eigenvalue weighted by atomic mass is 9.65. The zero-order valence-electron chi connectivity index (χ0n) is 23.1. The topological polar surface area (TPSA) is 4.93 Å². The molecule has 3 aliphatic rings. The van der Waals surface area contributed by atoms with Gasteiger partial charge in [0.1, 0.15) is 0 Å². The minimum absolute atomic E-state index is 0.352. The number of allylic oxidation sites excluding steroid dienone is 5. The van der Waals surface area contributed by atoms with Crippen LogP contribution in [0.2, 0.25) is 0 Å². The maximum Gasteiger partial charge on any atom is 0.0685 e. The molecule has 3 aliphatic carbocycles. The molecule has 194 valence electrons. The van der Waals surface area contributed by atoms with E-state index in [-0.39, 0.29) is 5.41 Å². The Morgan fingerprint density at radius 1 is 0.707 bits per heavy atom. The molecule has 1 nitrogen and oxygen atoms in total. The molecule has 1 aromatic heterocycles. The Morgan fingerprint density at radius 2 is 1.46 bits per heavy atom. The second-order valence-electron chi connectivity index (χ2n) is 11.6. The third-order valence-electron chi connectivity index (χ3n) is 9.59. The van der Waals surface area contributed by atoms with Crippen molar-refractivity contribution in [2.24, 2.45) is 0 Å². The highest BCUT2D eigenvalue weighted by atomic mass is 15.0. The maximum absolute atomic E-state index is 2.53. The summed E-state index contributed by atoms with van der Waals surface area (Å²) in [5.74, 6) is 0. The lowest BCUT2D eigenvalue weighted by Crippen LogP contribution is -2.29. The van der Waals surface area contributed by atoms with Crippen molar-refractivity contribution >= 4 is 27.8 Å². The lowest BCUT2D eigenvalue weighted by molar-refractivity contribution is 0.738. The zero-order valence-corrected chi connectivity index (χ0v) is 23.1. The number of hydrogen-bond donors (Lipinski definition) is 0. The SMILES string of the molecule is Cc1ccc(-n2c3c(c4c5c(c6ccccc6c42)C(C2=CC=CC2)(c2ccccc2)c2ccccc2-5)CC=C3)cc1. The van der Waals surface area contributed by atoms with Crippen LogP contribution in [-0.4, -0.2) is 4.57 Å². The second-order valence-corrected chi connectivity index (χ2v) is 11.6. The highest BCUT2D eigenvalue weighted by Gasteiger charge is 2.49. The van der Waals surface area contributed by atoms with Gasteiger partial charge >= 0.3 is 0 Å². The first-order valence-corrected chi connectivity index (χ1v) is 14.7. The van der Waals surface area contributed by atoms with Crippen LogP contribution in [0.25, 0.3) is 44.6 Å². The highest BCUT2D eigenvalue weighted by Crippen LogP contribution is 2.62. The Hall–Kier alpha value is -4.88. The Kier molecular flexibility index (Phi) is 4.64. The van der Waals surface area contributed by atoms with Gasteiger partial charge in [-0.1, -0.05) is 121 Å². The summed E-state index contributed by atoms with van der Waals surface area (Å²) >= 11 is 0. The smallest absolute Gasteiger partial charge is 0.0685 e. The quantitative estimate of drug-likeness (QED) is 0.217. The van der Waals surface area contributed by atoms with E-state index in [1.165, 1.54) is 77.6 Å². The van der Waals surface area contributed by atoms with Crippen LogP contribution in [0.1, 0.15) is 39.9 Å². The average molecular weight is 524 g/mol. The van der Waals surface area contributed by atoms with Crippen LogP contribution in [0.4, 0.5) is 0 Å². The van der Waals surface area contributed by atoms with E-state index in [4.69, 9.17) is 0 Å². The van der Waals surface area contributed by atoms with Crippen molar-refractivity contribution in [3.63, 3.8) is 0 Å². The van der Waals surface area contributed by atoms with E-state index in [2.05, 4.69) is 145 Å². The van der Waals surface area contributed by atoms with E-state index in [9.17, 15) is 0 Å². The third kappa shape index (κ3) is 2.86. The summed E-state index contributed by atoms with van der Waals surface area (Å²) in [6.45, 7) is 2.16. The number of aromatic nitrogens is 1. The number of fused-ring (bicyclic) bond motifs is 10. The fourth-order valence-corrected chi connectivity index (χ4v) is 8.02. The zero-order chi connectivity index (χ0) is 27.1. The van der Waals surface area contributed by atoms with Gasteiger partial charge in [0, 0.05) is 16.5 Å². The first kappa shape index (κ1) is 22.9. The summed E-state index contributed by atoms with van der Waals surface area (Å²) in [6.07, 6.45) is 13.5. The van der Waals surface area contributed by atoms with Gasteiger partial charge in [-0.15, -0.1) is 0 Å². The van der Waals surface area contributed by atoms with Gasteiger partial charge in [0.25, 0.3) is 0 Å². The summed E-state index contributed by atoms with van der Waals surface area (Å²) in [5, 5.41) is 4.08. The van der Waals surface area contributed by atoms with Gasteiger partial charge in [-0.25, -0.2) is 0 Å². The molecule has 5 aromatic carbocycles. The van der Waals surface area contributed by atoms with Gasteiger partial charge in [0.2, 0.25) is 0 Å². The van der Waals surface area contributed by atoms with E-state index in [0.717, 1.165) is 12.8 Å². The largest absolute Gasteiger partial charge is 0.309 e. The minimum Gasteiger partial charge on any atom is -0.309 e. The molecular weight excluding hydrogens is 494 g/mol. The first-order valence-electron chi connectivity index (χ1n) is 14.7. The Morgan fingerprint density at radius 3 is 2.27 bits per heavy atom. The molecule has 1 atom stereocenters. The number of aryl methyl sites for hydroxylation is 1. The first-order chi connectivity index (χ1) is 20.3. The highest BCUT2D eigenvalue weighted by molar-refractivity contribution is 6.20. The predicted molar refractivity (Wildman–Crippen MR) is 172 cm³/mol. The van der Waals surface area contributed by atoms with E-state index in [1.54, 1.807) is 0 Å². The van der Waals surface area contributed by atoms with Crippen molar-refractivity contribution < 1.29 is 0 Å². The molecule has 0 amide bonds. The molecule has 0 aliphatic heterocycles. The fourth-order valence-electron chi connectivity index (χ4n) is 8.02. The normalized spacial score (nSPS) is 18.2. The van der Waals surface area contributed by atoms with E-state index in [1.807, 2.05) is 0 Å². The van der Waals surface area contributed by atoms with E-state index >= 15 is 0 Å². The van der Waals surface area contributed by atoms with Crippen molar-refractivity contribution in [2.75, 3.05) is 0 Å². The van der Waals surface area contributed by atoms with Gasteiger partial charge in [-0.2, -0.15) is 0 Å². The molecule has 41 heavy (non-hydrogen) atoms. The van der Waals surface area contributed by atoms with Crippen LogP contribution < -0.4 is 0 Å². The maximum atomic E-state index is 2.53. The standard InChI is InChI=1S/C40H29N/c1-26-22-24-29(25-23-26)41-35-21-11-19-33(35)37-36-32-18-9-10-20-34(32)40(28-14-5-6-15-28,27-12-3-2-4-13-27)38(36)30-16-7-8-17-31(30)39(37)41/h2-14,16-18,20-25H,15,19H2,1H3. The van der Waals surface area contributed by atoms with Crippen molar-refractivity contribution in [3.05, 3.63) is 167 Å². The van der Waals surface area contributed by atoms with Crippen LogP contribution in [0.15, 0.2) is 133 Å². The molecule has 9 rings (SSSR count). The minimum atomic E-state index is -0.352. The van der Waals surface area contributed by atoms with E-state index < -0.39 is 0 Å². The fraction of sp³-hybridized carbons (Fsp3) is 0.100. The van der Waals surface area contributed by atoms with Gasteiger partial charge in [-0.3, -0.25) is 0 Å². The number of hydrogen-bond acceptors (Lipinski definition) is 0. The second kappa shape index (κ2) is 8.32. The molecular formula is C40H29N. The van der Waals surface area contributed by atoms with Crippen molar-refractivity contribution in [1.29, 1.82) is 0 Å². The van der Waals surface area contributed by atoms with Crippen molar-refractivity contribution in [1.82, 2.24) is 4.57 Å². The molecule has 0 bridgehead atoms. The Bertz CT molecular complexity index is 2130. The summed E-state index contributed by atoms with van der Waals surface area (Å²) in [6, 6.07) is 38.6. The van der Waals surface area contributed by atoms with Gasteiger partial charge in [0.15, 0.2) is 0 Å². The molecule has 0 radical (unpaired) electrons. The van der Waals surface area contributed by atoms with Gasteiger partial charge in [0.05, 0.1) is 16.6 Å². The lowest BCUT2D eigenvalue weighted by Gasteiger charge is -2.36. The molecule has 0 fully saturated rings. The van der Waals surface area contributed by atoms with Crippen LogP contribution in [0, 0.1) is 6.92 Å². The number of rotatable bonds is 3. The molecule has 1 heteroatoms. The van der Waals surface area contributed by atoms with Crippen molar-refractivity contribution in [2.45, 2.75) is 25.2 Å². The molecule has 0 saturated carbocycles. The van der Waals surface area contributed by atoms with Crippen LogP contribution in [0.5, 0.6) is 0 Å². The summed E-state index contributed by atoms with van der Waals surface area (Å²) < 4.78 is 2.53. The Labute approximate surface area is 240 Å². The van der Waals surface area contributed by atoms with Crippen molar-refractivity contribution in [3.8, 4) is 16.8 Å². The molecule has 0 spiro atoms. The average Bonchev–Trinajstić information content (AvgIpc) is 3.81. The van der Waals surface area contributed by atoms with Crippen LogP contribution in [0.3, 0.4) is 0 Å². The van der Waals surface area contributed by atoms with Gasteiger partial charge < -0.3 is 4.57 Å². The summed E-state index contributed by atoms with van der Waals surface area (Å²) in [5.41, 5.74) is 14.7. The van der Waals surface area contributed by atoms with Gasteiger partial charge in [-0.05, 0) is 82.3 Å². The van der Waals surface area contributed by atoms with E-state index in [0.29, 0.717) is 0 Å². The van der Waals surface area contributed by atoms with Crippen LogP contribution in [-0.2, 0) is 11.8 Å². The number of benzene rings is 5. The molecule has 1 heterocycles. The summed E-state index contributed by atoms with van der Waals surface area (Å²) in [7, 11) is 0. The Balaban J connectivity index is 1.55. The molecule has 1 unspecified atom stereocenters. The van der Waals surface area contributed by atoms with Crippen LogP contribution >= 0.6 is 0 Å². The number of nitrogens with zero attached hydrogens (tertiary/aromatic N) is 1. The third-order valence-corrected chi connectivity index (χ3v) is 9.59. The predicted octanol–water partition coefficient (Wildman–Crippen LogP) is 9.86.